The van der Waals surface area contributed by atoms with Crippen LogP contribution in [0.5, 0.6) is 0 Å². The highest BCUT2D eigenvalue weighted by Crippen LogP contribution is 2.22. The summed E-state index contributed by atoms with van der Waals surface area (Å²) in [5.74, 6) is 0. The molecule has 1 N–H and O–H groups in total. The summed E-state index contributed by atoms with van der Waals surface area (Å²) in [7, 11) is 0. The smallest absolute Gasteiger partial charge is 0.0294 e. The van der Waals surface area contributed by atoms with E-state index in [1.165, 1.54) is 36.8 Å². The highest BCUT2D eigenvalue weighted by molar-refractivity contribution is 5.24. The van der Waals surface area contributed by atoms with Gasteiger partial charge in [-0.3, -0.25) is 0 Å². The van der Waals surface area contributed by atoms with Crippen molar-refractivity contribution in [1.82, 2.24) is 5.32 Å². The minimum absolute atomic E-state index is 0.494. The summed E-state index contributed by atoms with van der Waals surface area (Å²) < 4.78 is 0. The molecule has 0 amide bonds. The summed E-state index contributed by atoms with van der Waals surface area (Å²) in [6.45, 7) is 4.48. The Labute approximate surface area is 99.3 Å². The molecule has 1 aliphatic carbocycles. The molecular formula is C15H23N. The van der Waals surface area contributed by atoms with Crippen LogP contribution < -0.4 is 5.32 Å². The first kappa shape index (κ1) is 11.7. The molecule has 0 unspecified atom stereocenters. The van der Waals surface area contributed by atoms with E-state index in [9.17, 15) is 0 Å². The fraction of sp³-hybridized carbons (Fsp3) is 0.600. The first-order valence-electron chi connectivity index (χ1n) is 6.64. The summed E-state index contributed by atoms with van der Waals surface area (Å²) >= 11 is 0. The lowest BCUT2D eigenvalue weighted by atomic mass is 10.0. The third kappa shape index (κ3) is 2.85. The SMILES string of the molecule is CCc1ccc([C@H](C)NC2CCCC2)cc1. The lowest BCUT2D eigenvalue weighted by molar-refractivity contribution is 0.461. The summed E-state index contributed by atoms with van der Waals surface area (Å²) in [5, 5.41) is 3.73. The van der Waals surface area contributed by atoms with Crippen LogP contribution in [0.3, 0.4) is 0 Å². The zero-order valence-corrected chi connectivity index (χ0v) is 10.5. The van der Waals surface area contributed by atoms with Crippen molar-refractivity contribution in [1.29, 1.82) is 0 Å². The predicted molar refractivity (Wildman–Crippen MR) is 69.6 cm³/mol. The van der Waals surface area contributed by atoms with Gasteiger partial charge in [0.25, 0.3) is 0 Å². The van der Waals surface area contributed by atoms with Crippen molar-refractivity contribution in [3.63, 3.8) is 0 Å². The van der Waals surface area contributed by atoms with Gasteiger partial charge in [-0.05, 0) is 37.3 Å². The highest BCUT2D eigenvalue weighted by atomic mass is 14.9. The molecule has 1 fully saturated rings. The van der Waals surface area contributed by atoms with Gasteiger partial charge in [0.2, 0.25) is 0 Å². The summed E-state index contributed by atoms with van der Waals surface area (Å²) in [6.07, 6.45) is 6.65. The molecular weight excluding hydrogens is 194 g/mol. The molecule has 0 spiro atoms. The lowest BCUT2D eigenvalue weighted by Crippen LogP contribution is -2.28. The van der Waals surface area contributed by atoms with E-state index >= 15 is 0 Å². The van der Waals surface area contributed by atoms with Gasteiger partial charge in [-0.15, -0.1) is 0 Å². The van der Waals surface area contributed by atoms with Crippen LogP contribution >= 0.6 is 0 Å². The second-order valence-corrected chi connectivity index (χ2v) is 4.96. The van der Waals surface area contributed by atoms with Gasteiger partial charge in [0.1, 0.15) is 0 Å². The molecule has 0 bridgehead atoms. The fourth-order valence-corrected chi connectivity index (χ4v) is 2.58. The Morgan fingerprint density at radius 1 is 1.19 bits per heavy atom. The topological polar surface area (TPSA) is 12.0 Å². The average molecular weight is 217 g/mol. The molecule has 16 heavy (non-hydrogen) atoms. The van der Waals surface area contributed by atoms with Gasteiger partial charge in [-0.2, -0.15) is 0 Å². The largest absolute Gasteiger partial charge is 0.307 e. The average Bonchev–Trinajstić information content (AvgIpc) is 2.82. The van der Waals surface area contributed by atoms with Crippen molar-refractivity contribution in [3.8, 4) is 0 Å². The maximum Gasteiger partial charge on any atom is 0.0294 e. The summed E-state index contributed by atoms with van der Waals surface area (Å²) in [4.78, 5) is 0. The zero-order chi connectivity index (χ0) is 11.4. The number of aryl methyl sites for hydroxylation is 1. The van der Waals surface area contributed by atoms with Crippen LogP contribution in [-0.2, 0) is 6.42 Å². The van der Waals surface area contributed by atoms with Gasteiger partial charge in [0, 0.05) is 12.1 Å². The maximum absolute atomic E-state index is 3.73. The minimum Gasteiger partial charge on any atom is -0.307 e. The Balaban J connectivity index is 1.94. The van der Waals surface area contributed by atoms with E-state index in [0.717, 1.165) is 12.5 Å². The van der Waals surface area contributed by atoms with Gasteiger partial charge in [0.15, 0.2) is 0 Å². The second-order valence-electron chi connectivity index (χ2n) is 4.96. The van der Waals surface area contributed by atoms with Crippen LogP contribution in [0.15, 0.2) is 24.3 Å². The number of hydrogen-bond donors (Lipinski definition) is 1. The van der Waals surface area contributed by atoms with Gasteiger partial charge in [-0.1, -0.05) is 44.0 Å². The predicted octanol–water partition coefficient (Wildman–Crippen LogP) is 3.84. The van der Waals surface area contributed by atoms with E-state index in [1.54, 1.807) is 0 Å². The number of nitrogens with one attached hydrogen (secondary N) is 1. The van der Waals surface area contributed by atoms with Crippen LogP contribution in [0, 0.1) is 0 Å². The third-order valence-corrected chi connectivity index (χ3v) is 3.73. The molecule has 0 aromatic heterocycles. The van der Waals surface area contributed by atoms with E-state index in [0.29, 0.717) is 6.04 Å². The molecule has 0 saturated heterocycles. The molecule has 1 aromatic carbocycles. The van der Waals surface area contributed by atoms with E-state index in [-0.39, 0.29) is 0 Å². The Bertz CT molecular complexity index is 309. The van der Waals surface area contributed by atoms with Crippen molar-refractivity contribution in [2.45, 2.75) is 58.0 Å². The van der Waals surface area contributed by atoms with E-state index in [2.05, 4.69) is 43.4 Å². The molecule has 88 valence electrons. The van der Waals surface area contributed by atoms with E-state index in [4.69, 9.17) is 0 Å². The molecule has 1 aromatic rings. The van der Waals surface area contributed by atoms with Crippen molar-refractivity contribution in [2.24, 2.45) is 0 Å². The molecule has 1 heteroatoms. The molecule has 0 radical (unpaired) electrons. The molecule has 0 aliphatic heterocycles. The first-order chi connectivity index (χ1) is 7.79. The van der Waals surface area contributed by atoms with Crippen LogP contribution in [0.25, 0.3) is 0 Å². The summed E-state index contributed by atoms with van der Waals surface area (Å²) in [5.41, 5.74) is 2.85. The highest BCUT2D eigenvalue weighted by Gasteiger charge is 2.17. The molecule has 1 nitrogen and oxygen atoms in total. The monoisotopic (exact) mass is 217 g/mol. The normalized spacial score (nSPS) is 18.9. The van der Waals surface area contributed by atoms with Crippen molar-refractivity contribution < 1.29 is 0 Å². The van der Waals surface area contributed by atoms with Crippen LogP contribution in [-0.4, -0.2) is 6.04 Å². The Hall–Kier alpha value is -0.820. The lowest BCUT2D eigenvalue weighted by Gasteiger charge is -2.19. The van der Waals surface area contributed by atoms with Crippen LogP contribution in [0.1, 0.15) is 56.7 Å². The Morgan fingerprint density at radius 3 is 2.38 bits per heavy atom. The van der Waals surface area contributed by atoms with Gasteiger partial charge in [0.05, 0.1) is 0 Å². The van der Waals surface area contributed by atoms with Crippen molar-refractivity contribution >= 4 is 0 Å². The molecule has 1 aliphatic rings. The van der Waals surface area contributed by atoms with E-state index < -0.39 is 0 Å². The second kappa shape index (κ2) is 5.49. The number of benzene rings is 1. The quantitative estimate of drug-likeness (QED) is 0.808. The molecule has 0 heterocycles. The van der Waals surface area contributed by atoms with Crippen molar-refractivity contribution in [2.75, 3.05) is 0 Å². The maximum atomic E-state index is 3.73. The fourth-order valence-electron chi connectivity index (χ4n) is 2.58. The number of rotatable bonds is 4. The van der Waals surface area contributed by atoms with Gasteiger partial charge < -0.3 is 5.32 Å². The summed E-state index contributed by atoms with van der Waals surface area (Å²) in [6, 6.07) is 10.3. The zero-order valence-electron chi connectivity index (χ0n) is 10.5. The first-order valence-corrected chi connectivity index (χ1v) is 6.64. The van der Waals surface area contributed by atoms with E-state index in [1.807, 2.05) is 0 Å². The molecule has 1 saturated carbocycles. The van der Waals surface area contributed by atoms with Gasteiger partial charge >= 0.3 is 0 Å². The minimum atomic E-state index is 0.494. The molecule has 2 rings (SSSR count). The van der Waals surface area contributed by atoms with Crippen LogP contribution in [0.2, 0.25) is 0 Å². The number of hydrogen-bond acceptors (Lipinski definition) is 1. The Morgan fingerprint density at radius 2 is 1.81 bits per heavy atom. The van der Waals surface area contributed by atoms with Crippen molar-refractivity contribution in [3.05, 3.63) is 35.4 Å². The standard InChI is InChI=1S/C15H23N/c1-3-13-8-10-14(11-9-13)12(2)16-15-6-4-5-7-15/h8-12,15-16H,3-7H2,1-2H3/t12-/m0/s1. The van der Waals surface area contributed by atoms with Gasteiger partial charge in [-0.25, -0.2) is 0 Å². The Kier molecular flexibility index (Phi) is 4.00. The van der Waals surface area contributed by atoms with Crippen LogP contribution in [0.4, 0.5) is 0 Å². The molecule has 1 atom stereocenters. The third-order valence-electron chi connectivity index (χ3n) is 3.73.